The van der Waals surface area contributed by atoms with Crippen LogP contribution in [0.5, 0.6) is 0 Å². The quantitative estimate of drug-likeness (QED) is 0.276. The van der Waals surface area contributed by atoms with Crippen molar-refractivity contribution in [1.82, 2.24) is 14.6 Å². The number of para-hydroxylation sites is 2. The fourth-order valence-electron chi connectivity index (χ4n) is 4.51. The van der Waals surface area contributed by atoms with Crippen LogP contribution >= 0.6 is 0 Å². The normalized spacial score (nSPS) is 11.4. The zero-order valence-corrected chi connectivity index (χ0v) is 19.4. The predicted molar refractivity (Wildman–Crippen MR) is 142 cm³/mol. The number of amides is 1. The lowest BCUT2D eigenvalue weighted by Crippen LogP contribution is -2.11. The third-order valence-corrected chi connectivity index (χ3v) is 6.19. The van der Waals surface area contributed by atoms with E-state index >= 15 is 0 Å². The van der Waals surface area contributed by atoms with Crippen LogP contribution in [0.25, 0.3) is 38.7 Å². The van der Waals surface area contributed by atoms with E-state index in [2.05, 4.69) is 27.9 Å². The first-order valence-electron chi connectivity index (χ1n) is 11.7. The minimum Gasteiger partial charge on any atom is -0.459 e. The Labute approximate surface area is 210 Å². The summed E-state index contributed by atoms with van der Waals surface area (Å²) < 4.78 is 13.2. The van der Waals surface area contributed by atoms with Gasteiger partial charge in [-0.25, -0.2) is 9.50 Å². The summed E-state index contributed by atoms with van der Waals surface area (Å²) in [5.41, 5.74) is 5.49. The maximum Gasteiger partial charge on any atom is 0.291 e. The lowest BCUT2D eigenvalue weighted by atomic mass is 10.1. The van der Waals surface area contributed by atoms with Crippen molar-refractivity contribution in [1.29, 1.82) is 0 Å². The van der Waals surface area contributed by atoms with Crippen molar-refractivity contribution < 1.29 is 13.6 Å². The zero-order valence-electron chi connectivity index (χ0n) is 19.4. The van der Waals surface area contributed by atoms with Gasteiger partial charge in [-0.05, 0) is 54.6 Å². The Morgan fingerprint density at radius 1 is 0.838 bits per heavy atom. The maximum atomic E-state index is 12.4. The first-order chi connectivity index (χ1) is 18.2. The topological polar surface area (TPSA) is 97.6 Å². The van der Waals surface area contributed by atoms with E-state index in [0.29, 0.717) is 11.6 Å². The molecule has 7 rings (SSSR count). The molecule has 0 saturated heterocycles. The number of benzene rings is 3. The number of aromatic nitrogens is 3. The van der Waals surface area contributed by atoms with Gasteiger partial charge in [0.15, 0.2) is 5.76 Å². The molecule has 0 bridgehead atoms. The molecule has 0 atom stereocenters. The summed E-state index contributed by atoms with van der Waals surface area (Å²) in [4.78, 5) is 17.3. The summed E-state index contributed by atoms with van der Waals surface area (Å²) in [5.74, 6) is 0.446. The van der Waals surface area contributed by atoms with Gasteiger partial charge in [0.25, 0.3) is 5.91 Å². The molecular weight excluding hydrogens is 466 g/mol. The number of rotatable bonds is 5. The molecule has 7 aromatic rings. The molecule has 178 valence electrons. The van der Waals surface area contributed by atoms with Gasteiger partial charge in [-0.15, -0.1) is 0 Å². The Kier molecular flexibility index (Phi) is 4.75. The Hall–Kier alpha value is -5.37. The summed E-state index contributed by atoms with van der Waals surface area (Å²) >= 11 is 0. The summed E-state index contributed by atoms with van der Waals surface area (Å²) in [6, 6.07) is 28.7. The first kappa shape index (κ1) is 21.0. The number of carbonyl (C=O) groups excluding carboxylic acids is 1. The van der Waals surface area contributed by atoms with E-state index in [0.717, 1.165) is 44.4 Å². The second-order valence-corrected chi connectivity index (χ2v) is 8.55. The van der Waals surface area contributed by atoms with Crippen molar-refractivity contribution in [2.45, 2.75) is 0 Å². The van der Waals surface area contributed by atoms with Gasteiger partial charge in [0.2, 0.25) is 5.95 Å². The molecule has 4 heterocycles. The van der Waals surface area contributed by atoms with E-state index in [9.17, 15) is 4.79 Å². The van der Waals surface area contributed by atoms with Crippen LogP contribution in [0.3, 0.4) is 0 Å². The standard InChI is InChI=1S/C29H19N5O3/c35-28(26-12-5-15-36-26)31-18-6-3-7-19(16-18)32-29-33-24(17-20-13-14-30-34(20)29)23-10-4-9-22-21-8-1-2-11-25(21)37-27(22)23/h1-17H,(H,31,35)(H,32,33). The van der Waals surface area contributed by atoms with Crippen LogP contribution in [0.15, 0.2) is 112 Å². The number of hydrogen-bond acceptors (Lipinski definition) is 6. The molecule has 0 aliphatic heterocycles. The van der Waals surface area contributed by atoms with Crippen LogP contribution in [0.4, 0.5) is 17.3 Å². The van der Waals surface area contributed by atoms with Gasteiger partial charge in [0, 0.05) is 27.7 Å². The Morgan fingerprint density at radius 3 is 2.62 bits per heavy atom. The van der Waals surface area contributed by atoms with Crippen LogP contribution < -0.4 is 10.6 Å². The minimum absolute atomic E-state index is 0.241. The van der Waals surface area contributed by atoms with Crippen molar-refractivity contribution in [2.24, 2.45) is 0 Å². The number of fused-ring (bicyclic) bond motifs is 4. The lowest BCUT2D eigenvalue weighted by molar-refractivity contribution is 0.0996. The van der Waals surface area contributed by atoms with Crippen LogP contribution in [0.2, 0.25) is 0 Å². The Bertz CT molecular complexity index is 1920. The van der Waals surface area contributed by atoms with Gasteiger partial charge in [0.1, 0.15) is 11.2 Å². The average molecular weight is 486 g/mol. The Balaban J connectivity index is 1.28. The molecule has 0 spiro atoms. The fourth-order valence-corrected chi connectivity index (χ4v) is 4.51. The van der Waals surface area contributed by atoms with Crippen LogP contribution in [0.1, 0.15) is 10.6 Å². The summed E-state index contributed by atoms with van der Waals surface area (Å²) in [5, 5.41) is 12.7. The second-order valence-electron chi connectivity index (χ2n) is 8.55. The molecule has 2 N–H and O–H groups in total. The van der Waals surface area contributed by atoms with E-state index in [-0.39, 0.29) is 11.7 Å². The molecule has 0 aliphatic rings. The van der Waals surface area contributed by atoms with Crippen LogP contribution in [0, 0.1) is 0 Å². The van der Waals surface area contributed by atoms with Gasteiger partial charge in [0.05, 0.1) is 23.7 Å². The summed E-state index contributed by atoms with van der Waals surface area (Å²) in [6.07, 6.45) is 3.19. The highest BCUT2D eigenvalue weighted by molar-refractivity contribution is 6.09. The molecule has 37 heavy (non-hydrogen) atoms. The van der Waals surface area contributed by atoms with E-state index < -0.39 is 0 Å². The molecule has 0 aliphatic carbocycles. The van der Waals surface area contributed by atoms with Gasteiger partial charge in [-0.1, -0.05) is 36.4 Å². The van der Waals surface area contributed by atoms with E-state index in [1.54, 1.807) is 22.8 Å². The molecule has 0 radical (unpaired) electrons. The SMILES string of the molecule is O=C(Nc1cccc(Nc2nc(-c3cccc4c3oc3ccccc34)cc3ccnn23)c1)c1ccco1. The van der Waals surface area contributed by atoms with Gasteiger partial charge in [-0.2, -0.15) is 5.10 Å². The highest BCUT2D eigenvalue weighted by atomic mass is 16.3. The largest absolute Gasteiger partial charge is 0.459 e. The third-order valence-electron chi connectivity index (χ3n) is 6.19. The predicted octanol–water partition coefficient (Wildman–Crippen LogP) is 6.88. The number of nitrogens with zero attached hydrogens (tertiary/aromatic N) is 3. The molecule has 4 aromatic heterocycles. The lowest BCUT2D eigenvalue weighted by Gasteiger charge is -2.12. The molecule has 1 amide bonds. The van der Waals surface area contributed by atoms with E-state index in [4.69, 9.17) is 13.8 Å². The van der Waals surface area contributed by atoms with E-state index in [1.165, 1.54) is 6.26 Å². The van der Waals surface area contributed by atoms with Gasteiger partial charge >= 0.3 is 0 Å². The fraction of sp³-hybridized carbons (Fsp3) is 0. The smallest absolute Gasteiger partial charge is 0.291 e. The molecule has 0 fully saturated rings. The molecule has 8 heteroatoms. The zero-order chi connectivity index (χ0) is 24.8. The average Bonchev–Trinajstić information content (AvgIpc) is 3.68. The van der Waals surface area contributed by atoms with Crippen LogP contribution in [-0.2, 0) is 0 Å². The third kappa shape index (κ3) is 3.68. The van der Waals surface area contributed by atoms with Crippen molar-refractivity contribution in [2.75, 3.05) is 10.6 Å². The Morgan fingerprint density at radius 2 is 1.70 bits per heavy atom. The molecule has 3 aromatic carbocycles. The number of carbonyl (C=O) groups is 1. The summed E-state index contributed by atoms with van der Waals surface area (Å²) in [7, 11) is 0. The minimum atomic E-state index is -0.323. The maximum absolute atomic E-state index is 12.4. The molecule has 0 unspecified atom stereocenters. The number of nitrogens with one attached hydrogen (secondary N) is 2. The highest BCUT2D eigenvalue weighted by Crippen LogP contribution is 2.36. The first-order valence-corrected chi connectivity index (χ1v) is 11.7. The number of anilines is 3. The van der Waals surface area contributed by atoms with Crippen molar-refractivity contribution in [3.63, 3.8) is 0 Å². The summed E-state index contributed by atoms with van der Waals surface area (Å²) in [6.45, 7) is 0. The van der Waals surface area contributed by atoms with E-state index in [1.807, 2.05) is 66.7 Å². The van der Waals surface area contributed by atoms with Crippen molar-refractivity contribution in [3.05, 3.63) is 109 Å². The number of furan rings is 2. The van der Waals surface area contributed by atoms with Crippen LogP contribution in [-0.4, -0.2) is 20.5 Å². The van der Waals surface area contributed by atoms with Crippen molar-refractivity contribution in [3.8, 4) is 11.3 Å². The molecule has 8 nitrogen and oxygen atoms in total. The number of hydrogen-bond donors (Lipinski definition) is 2. The second kappa shape index (κ2) is 8.39. The molecule has 0 saturated carbocycles. The highest BCUT2D eigenvalue weighted by Gasteiger charge is 2.16. The van der Waals surface area contributed by atoms with Crippen molar-refractivity contribution >= 4 is 50.7 Å². The van der Waals surface area contributed by atoms with Gasteiger partial charge < -0.3 is 19.5 Å². The monoisotopic (exact) mass is 485 g/mol. The molecular formula is C29H19N5O3. The van der Waals surface area contributed by atoms with Gasteiger partial charge in [-0.3, -0.25) is 4.79 Å².